The van der Waals surface area contributed by atoms with Gasteiger partial charge < -0.3 is 10.1 Å². The van der Waals surface area contributed by atoms with E-state index < -0.39 is 0 Å². The van der Waals surface area contributed by atoms with Crippen molar-refractivity contribution >= 4 is 11.9 Å². The van der Waals surface area contributed by atoms with Crippen LogP contribution < -0.4 is 5.32 Å². The minimum atomic E-state index is -0.191. The van der Waals surface area contributed by atoms with Crippen LogP contribution in [0.1, 0.15) is 98.9 Å². The summed E-state index contributed by atoms with van der Waals surface area (Å²) in [6.45, 7) is 2.25. The molecule has 3 saturated carbocycles. The van der Waals surface area contributed by atoms with Gasteiger partial charge in [0.2, 0.25) is 0 Å². The van der Waals surface area contributed by atoms with Crippen molar-refractivity contribution in [1.29, 1.82) is 0 Å². The SMILES string of the molecule is CCOC(=O)[C@@H]1C2CCC(C2)[C@@H]1NC(=O)c1nn(C2CCCCC2)c2c1CCCC2. The molecule has 6 heteroatoms. The molecule has 164 valence electrons. The van der Waals surface area contributed by atoms with Crippen molar-refractivity contribution in [3.8, 4) is 0 Å². The third-order valence-electron chi connectivity index (χ3n) is 8.12. The molecule has 4 aliphatic carbocycles. The Hall–Kier alpha value is -1.85. The van der Waals surface area contributed by atoms with Crippen molar-refractivity contribution in [2.24, 2.45) is 17.8 Å². The van der Waals surface area contributed by atoms with Gasteiger partial charge in [0.1, 0.15) is 0 Å². The average Bonchev–Trinajstić information content (AvgIpc) is 3.47. The number of nitrogens with zero attached hydrogens (tertiary/aromatic N) is 2. The average molecular weight is 414 g/mol. The molecule has 1 amide bonds. The zero-order chi connectivity index (χ0) is 20.7. The Morgan fingerprint density at radius 2 is 1.80 bits per heavy atom. The van der Waals surface area contributed by atoms with Gasteiger partial charge in [-0.2, -0.15) is 5.10 Å². The third kappa shape index (κ3) is 3.46. The van der Waals surface area contributed by atoms with Crippen LogP contribution in [0.2, 0.25) is 0 Å². The summed E-state index contributed by atoms with van der Waals surface area (Å²) in [6, 6.07) is 0.344. The molecule has 0 radical (unpaired) electrons. The van der Waals surface area contributed by atoms with Crippen LogP contribution in [0.4, 0.5) is 0 Å². The van der Waals surface area contributed by atoms with Gasteiger partial charge in [0.15, 0.2) is 5.69 Å². The van der Waals surface area contributed by atoms with E-state index in [0.717, 1.165) is 38.5 Å². The fourth-order valence-electron chi connectivity index (χ4n) is 6.73. The highest BCUT2D eigenvalue weighted by molar-refractivity contribution is 5.94. The summed E-state index contributed by atoms with van der Waals surface area (Å²) in [6.07, 6.45) is 13.7. The number of amides is 1. The van der Waals surface area contributed by atoms with E-state index in [9.17, 15) is 9.59 Å². The van der Waals surface area contributed by atoms with Gasteiger partial charge in [-0.05, 0) is 76.5 Å². The van der Waals surface area contributed by atoms with E-state index >= 15 is 0 Å². The summed E-state index contributed by atoms with van der Waals surface area (Å²) in [7, 11) is 0. The molecular formula is C24H35N3O3. The number of fused-ring (bicyclic) bond motifs is 3. The summed E-state index contributed by atoms with van der Waals surface area (Å²) in [5, 5.41) is 8.18. The largest absolute Gasteiger partial charge is 0.466 e. The van der Waals surface area contributed by atoms with E-state index in [1.807, 2.05) is 6.92 Å². The third-order valence-corrected chi connectivity index (χ3v) is 8.12. The lowest BCUT2D eigenvalue weighted by Crippen LogP contribution is -2.47. The van der Waals surface area contributed by atoms with E-state index in [0.29, 0.717) is 30.2 Å². The van der Waals surface area contributed by atoms with Crippen LogP contribution in [0, 0.1) is 17.8 Å². The molecule has 0 aromatic carbocycles. The fraction of sp³-hybridized carbons (Fsp3) is 0.792. The quantitative estimate of drug-likeness (QED) is 0.741. The first kappa shape index (κ1) is 20.1. The highest BCUT2D eigenvalue weighted by Crippen LogP contribution is 2.49. The molecule has 0 saturated heterocycles. The van der Waals surface area contributed by atoms with Gasteiger partial charge in [-0.1, -0.05) is 19.3 Å². The molecule has 1 aromatic rings. The maximum atomic E-state index is 13.4. The number of rotatable bonds is 5. The predicted octanol–water partition coefficient (Wildman–Crippen LogP) is 3.97. The van der Waals surface area contributed by atoms with Gasteiger partial charge in [0.05, 0.1) is 18.6 Å². The number of ether oxygens (including phenoxy) is 1. The lowest BCUT2D eigenvalue weighted by molar-refractivity contribution is -0.150. The maximum absolute atomic E-state index is 13.4. The number of aromatic nitrogens is 2. The minimum absolute atomic E-state index is 0.0745. The minimum Gasteiger partial charge on any atom is -0.466 e. The van der Waals surface area contributed by atoms with Crippen LogP contribution in [0.25, 0.3) is 0 Å². The summed E-state index contributed by atoms with van der Waals surface area (Å²) >= 11 is 0. The molecule has 1 N–H and O–H groups in total. The highest BCUT2D eigenvalue weighted by Gasteiger charge is 2.52. The molecule has 3 fully saturated rings. The molecule has 0 aliphatic heterocycles. The molecule has 4 aliphatic rings. The molecule has 4 atom stereocenters. The van der Waals surface area contributed by atoms with E-state index in [1.54, 1.807) is 0 Å². The summed E-state index contributed by atoms with van der Waals surface area (Å²) in [4.78, 5) is 26.0. The van der Waals surface area contributed by atoms with Gasteiger partial charge >= 0.3 is 5.97 Å². The van der Waals surface area contributed by atoms with Gasteiger partial charge in [-0.15, -0.1) is 0 Å². The van der Waals surface area contributed by atoms with Crippen LogP contribution >= 0.6 is 0 Å². The number of hydrogen-bond acceptors (Lipinski definition) is 4. The smallest absolute Gasteiger partial charge is 0.311 e. The Bertz CT molecular complexity index is 811. The van der Waals surface area contributed by atoms with Crippen LogP contribution in [0.15, 0.2) is 0 Å². The van der Waals surface area contributed by atoms with Gasteiger partial charge in [0.25, 0.3) is 5.91 Å². The van der Waals surface area contributed by atoms with E-state index in [2.05, 4.69) is 10.00 Å². The molecule has 2 unspecified atom stereocenters. The molecule has 2 bridgehead atoms. The van der Waals surface area contributed by atoms with Gasteiger partial charge in [-0.3, -0.25) is 14.3 Å². The Kier molecular flexibility index (Phi) is 5.59. The van der Waals surface area contributed by atoms with E-state index in [1.165, 1.54) is 49.8 Å². The van der Waals surface area contributed by atoms with E-state index in [4.69, 9.17) is 9.84 Å². The van der Waals surface area contributed by atoms with E-state index in [-0.39, 0.29) is 23.8 Å². The van der Waals surface area contributed by atoms with Crippen molar-refractivity contribution in [3.05, 3.63) is 17.0 Å². The molecule has 30 heavy (non-hydrogen) atoms. The monoisotopic (exact) mass is 413 g/mol. The summed E-state index contributed by atoms with van der Waals surface area (Å²) in [5.74, 6) is 0.348. The Morgan fingerprint density at radius 3 is 2.60 bits per heavy atom. The second-order valence-electron chi connectivity index (χ2n) is 9.83. The second kappa shape index (κ2) is 8.35. The lowest BCUT2D eigenvalue weighted by atomic mass is 9.84. The molecule has 0 spiro atoms. The summed E-state index contributed by atoms with van der Waals surface area (Å²) in [5.41, 5.74) is 3.09. The van der Waals surface area contributed by atoms with Crippen LogP contribution in [0.5, 0.6) is 0 Å². The molecule has 5 rings (SSSR count). The zero-order valence-corrected chi connectivity index (χ0v) is 18.2. The summed E-state index contributed by atoms with van der Waals surface area (Å²) < 4.78 is 7.57. The van der Waals surface area contributed by atoms with Gasteiger partial charge in [0, 0.05) is 17.3 Å². The first-order chi connectivity index (χ1) is 14.7. The zero-order valence-electron chi connectivity index (χ0n) is 18.2. The first-order valence-corrected chi connectivity index (χ1v) is 12.2. The highest BCUT2D eigenvalue weighted by atomic mass is 16.5. The van der Waals surface area contributed by atoms with Crippen molar-refractivity contribution in [2.75, 3.05) is 6.61 Å². The maximum Gasteiger partial charge on any atom is 0.311 e. The van der Waals surface area contributed by atoms with Gasteiger partial charge in [-0.25, -0.2) is 0 Å². The van der Waals surface area contributed by atoms with Crippen LogP contribution in [-0.4, -0.2) is 34.3 Å². The van der Waals surface area contributed by atoms with Crippen molar-refractivity contribution in [1.82, 2.24) is 15.1 Å². The topological polar surface area (TPSA) is 73.2 Å². The fourth-order valence-corrected chi connectivity index (χ4v) is 6.73. The molecule has 1 heterocycles. The van der Waals surface area contributed by atoms with Crippen LogP contribution in [-0.2, 0) is 22.4 Å². The molecule has 6 nitrogen and oxygen atoms in total. The normalized spacial score (nSPS) is 30.8. The van der Waals surface area contributed by atoms with Crippen LogP contribution in [0.3, 0.4) is 0 Å². The molecule has 1 aromatic heterocycles. The number of esters is 1. The Labute approximate surface area is 179 Å². The second-order valence-corrected chi connectivity index (χ2v) is 9.83. The van der Waals surface area contributed by atoms with Crippen molar-refractivity contribution < 1.29 is 14.3 Å². The standard InChI is InChI=1S/C24H35N3O3/c1-2-30-24(29)20-15-12-13-16(14-15)21(20)25-23(28)22-18-10-6-7-11-19(18)27(26-22)17-8-4-3-5-9-17/h15-17,20-21H,2-14H2,1H3,(H,25,28)/t15?,16?,20-,21+/m1/s1. The van der Waals surface area contributed by atoms with Crippen molar-refractivity contribution in [3.63, 3.8) is 0 Å². The lowest BCUT2D eigenvalue weighted by Gasteiger charge is -2.30. The number of carbonyl (C=O) groups is 2. The Balaban J connectivity index is 1.39. The molecular weight excluding hydrogens is 378 g/mol. The predicted molar refractivity (Wildman–Crippen MR) is 113 cm³/mol. The van der Waals surface area contributed by atoms with Crippen molar-refractivity contribution in [2.45, 2.75) is 96.1 Å². The number of carbonyl (C=O) groups excluding carboxylic acids is 2. The Morgan fingerprint density at radius 1 is 1.03 bits per heavy atom. The number of hydrogen-bond donors (Lipinski definition) is 1. The number of nitrogens with one attached hydrogen (secondary N) is 1. The first-order valence-electron chi connectivity index (χ1n) is 12.2.